The SMILES string of the molecule is Cc1c[nH]c(C2CCCCCCCCCCC2)p1. The van der Waals surface area contributed by atoms with Gasteiger partial charge in [-0.1, -0.05) is 57.8 Å². The van der Waals surface area contributed by atoms with E-state index in [1.54, 1.807) is 5.43 Å². The summed E-state index contributed by atoms with van der Waals surface area (Å²) < 4.78 is 0. The van der Waals surface area contributed by atoms with E-state index in [0.717, 1.165) is 5.92 Å². The molecule has 0 amide bonds. The summed E-state index contributed by atoms with van der Waals surface area (Å²) in [7, 11) is 1.47. The molecular formula is C16H28NP. The molecule has 2 heteroatoms. The second kappa shape index (κ2) is 8.00. The molecule has 0 unspecified atom stereocenters. The topological polar surface area (TPSA) is 15.8 Å². The van der Waals surface area contributed by atoms with E-state index in [-0.39, 0.29) is 0 Å². The molecule has 0 saturated heterocycles. The van der Waals surface area contributed by atoms with E-state index in [9.17, 15) is 0 Å². The van der Waals surface area contributed by atoms with Gasteiger partial charge in [0.15, 0.2) is 0 Å². The molecule has 1 aliphatic carbocycles. The number of aromatic nitrogens is 1. The van der Waals surface area contributed by atoms with Crippen molar-refractivity contribution in [3.05, 3.63) is 16.9 Å². The lowest BCUT2D eigenvalue weighted by atomic mass is 9.93. The quantitative estimate of drug-likeness (QED) is 0.614. The van der Waals surface area contributed by atoms with E-state index in [1.165, 1.54) is 84.1 Å². The number of hydrogen-bond donors (Lipinski definition) is 1. The van der Waals surface area contributed by atoms with Crippen LogP contribution < -0.4 is 0 Å². The summed E-state index contributed by atoms with van der Waals surface area (Å²) >= 11 is 0. The van der Waals surface area contributed by atoms with Crippen LogP contribution in [-0.2, 0) is 0 Å². The van der Waals surface area contributed by atoms with Crippen LogP contribution in [0.5, 0.6) is 0 Å². The van der Waals surface area contributed by atoms with Crippen molar-refractivity contribution in [2.24, 2.45) is 0 Å². The third kappa shape index (κ3) is 4.76. The van der Waals surface area contributed by atoms with Gasteiger partial charge in [0, 0.05) is 17.5 Å². The maximum Gasteiger partial charge on any atom is 0.0458 e. The van der Waals surface area contributed by atoms with Crippen molar-refractivity contribution in [2.75, 3.05) is 0 Å². The first kappa shape index (κ1) is 14.1. The third-order valence-electron chi connectivity index (χ3n) is 4.22. The van der Waals surface area contributed by atoms with E-state index < -0.39 is 0 Å². The summed E-state index contributed by atoms with van der Waals surface area (Å²) in [5.41, 5.74) is 1.59. The molecule has 2 rings (SSSR count). The highest BCUT2D eigenvalue weighted by Gasteiger charge is 2.13. The minimum Gasteiger partial charge on any atom is -0.360 e. The highest BCUT2D eigenvalue weighted by Crippen LogP contribution is 2.34. The highest BCUT2D eigenvalue weighted by atomic mass is 31.0. The van der Waals surface area contributed by atoms with E-state index in [1.807, 2.05) is 0 Å². The average Bonchev–Trinajstić information content (AvgIpc) is 2.76. The molecule has 0 aromatic carbocycles. The normalized spacial score (nSPS) is 21.6. The van der Waals surface area contributed by atoms with Gasteiger partial charge in [-0.15, -0.1) is 0 Å². The van der Waals surface area contributed by atoms with Crippen molar-refractivity contribution in [3.63, 3.8) is 0 Å². The lowest BCUT2D eigenvalue weighted by Gasteiger charge is -2.16. The van der Waals surface area contributed by atoms with Crippen molar-refractivity contribution >= 4 is 8.19 Å². The fraction of sp³-hybridized carbons (Fsp3) is 0.812. The second-order valence-corrected chi connectivity index (χ2v) is 7.29. The molecule has 0 atom stereocenters. The third-order valence-corrected chi connectivity index (χ3v) is 5.43. The van der Waals surface area contributed by atoms with E-state index in [2.05, 4.69) is 18.1 Å². The molecule has 18 heavy (non-hydrogen) atoms. The summed E-state index contributed by atoms with van der Waals surface area (Å²) in [6.07, 6.45) is 18.1. The first-order chi connectivity index (χ1) is 8.86. The molecule has 0 aliphatic heterocycles. The Morgan fingerprint density at radius 1 is 0.889 bits per heavy atom. The molecule has 102 valence electrons. The van der Waals surface area contributed by atoms with Crippen molar-refractivity contribution in [2.45, 2.75) is 83.5 Å². The molecule has 1 saturated carbocycles. The molecule has 1 heterocycles. The zero-order valence-electron chi connectivity index (χ0n) is 11.9. The summed E-state index contributed by atoms with van der Waals surface area (Å²) in [5.74, 6) is 0.833. The van der Waals surface area contributed by atoms with Crippen LogP contribution in [0.3, 0.4) is 0 Å². The van der Waals surface area contributed by atoms with Crippen LogP contribution in [0.15, 0.2) is 6.20 Å². The maximum absolute atomic E-state index is 3.53. The lowest BCUT2D eigenvalue weighted by Crippen LogP contribution is -1.99. The molecular weight excluding hydrogens is 237 g/mol. The Morgan fingerprint density at radius 3 is 1.83 bits per heavy atom. The molecule has 1 N–H and O–H groups in total. The first-order valence-corrected chi connectivity index (χ1v) is 8.77. The van der Waals surface area contributed by atoms with Crippen LogP contribution in [0.25, 0.3) is 0 Å². The van der Waals surface area contributed by atoms with Crippen LogP contribution >= 0.6 is 8.19 Å². The second-order valence-electron chi connectivity index (χ2n) is 5.88. The Bertz CT molecular complexity index is 320. The van der Waals surface area contributed by atoms with Gasteiger partial charge >= 0.3 is 0 Å². The number of aryl methyl sites for hydroxylation is 1. The Labute approximate surface area is 114 Å². The molecule has 0 bridgehead atoms. The predicted molar refractivity (Wildman–Crippen MR) is 81.6 cm³/mol. The summed E-state index contributed by atoms with van der Waals surface area (Å²) in [6, 6.07) is 0. The Morgan fingerprint density at radius 2 is 1.39 bits per heavy atom. The van der Waals surface area contributed by atoms with Gasteiger partial charge in [0.2, 0.25) is 0 Å². The molecule has 1 fully saturated rings. The highest BCUT2D eigenvalue weighted by molar-refractivity contribution is 7.31. The van der Waals surface area contributed by atoms with E-state index in [0.29, 0.717) is 0 Å². The van der Waals surface area contributed by atoms with Crippen molar-refractivity contribution < 1.29 is 0 Å². The summed E-state index contributed by atoms with van der Waals surface area (Å²) in [6.45, 7) is 2.23. The molecule has 1 aliphatic rings. The first-order valence-electron chi connectivity index (χ1n) is 7.88. The van der Waals surface area contributed by atoms with Gasteiger partial charge in [0.1, 0.15) is 0 Å². The van der Waals surface area contributed by atoms with Crippen LogP contribution in [0.2, 0.25) is 0 Å². The smallest absolute Gasteiger partial charge is 0.0458 e. The van der Waals surface area contributed by atoms with Crippen LogP contribution in [0, 0.1) is 6.92 Å². The van der Waals surface area contributed by atoms with E-state index in [4.69, 9.17) is 0 Å². The van der Waals surface area contributed by atoms with Crippen molar-refractivity contribution in [3.8, 4) is 0 Å². The van der Waals surface area contributed by atoms with Gasteiger partial charge in [-0.2, -0.15) is 0 Å². The van der Waals surface area contributed by atoms with Gasteiger partial charge in [-0.3, -0.25) is 0 Å². The lowest BCUT2D eigenvalue weighted by molar-refractivity contribution is 0.466. The minimum atomic E-state index is 0.833. The fourth-order valence-electron chi connectivity index (χ4n) is 3.08. The van der Waals surface area contributed by atoms with Gasteiger partial charge in [0.25, 0.3) is 0 Å². The number of aromatic amines is 1. The van der Waals surface area contributed by atoms with Crippen LogP contribution in [0.4, 0.5) is 0 Å². The number of nitrogens with one attached hydrogen (secondary N) is 1. The van der Waals surface area contributed by atoms with Crippen molar-refractivity contribution in [1.82, 2.24) is 4.98 Å². The predicted octanol–water partition coefficient (Wildman–Crippen LogP) is 6.29. The monoisotopic (exact) mass is 265 g/mol. The zero-order chi connectivity index (χ0) is 12.6. The Balaban J connectivity index is 1.88. The number of hydrogen-bond acceptors (Lipinski definition) is 0. The van der Waals surface area contributed by atoms with Gasteiger partial charge in [-0.25, -0.2) is 0 Å². The molecule has 1 nitrogen and oxygen atoms in total. The Kier molecular flexibility index (Phi) is 6.28. The zero-order valence-corrected chi connectivity index (χ0v) is 12.8. The van der Waals surface area contributed by atoms with E-state index >= 15 is 0 Å². The summed E-state index contributed by atoms with van der Waals surface area (Å²) in [5, 5.41) is 1.48. The molecule has 1 aromatic heterocycles. The van der Waals surface area contributed by atoms with Gasteiger partial charge < -0.3 is 4.98 Å². The molecule has 0 spiro atoms. The average molecular weight is 265 g/mol. The van der Waals surface area contributed by atoms with Crippen LogP contribution in [0.1, 0.15) is 87.3 Å². The largest absolute Gasteiger partial charge is 0.360 e. The number of H-pyrrole nitrogens is 1. The number of rotatable bonds is 1. The van der Waals surface area contributed by atoms with Gasteiger partial charge in [-0.05, 0) is 33.3 Å². The van der Waals surface area contributed by atoms with Gasteiger partial charge in [0.05, 0.1) is 0 Å². The standard InChI is InChI=1S/C16H28NP/c1-14-13-17-16(18-14)15-11-9-7-5-3-2-4-6-8-10-12-15/h13,15,17H,2-12H2,1H3. The molecule has 0 radical (unpaired) electrons. The fourth-order valence-corrected chi connectivity index (χ4v) is 4.16. The molecule has 1 aromatic rings. The van der Waals surface area contributed by atoms with Crippen molar-refractivity contribution in [1.29, 1.82) is 0 Å². The Hall–Kier alpha value is -0.290. The van der Waals surface area contributed by atoms with Crippen LogP contribution in [-0.4, -0.2) is 4.98 Å². The maximum atomic E-state index is 3.53. The minimum absolute atomic E-state index is 0.833. The summed E-state index contributed by atoms with van der Waals surface area (Å²) in [4.78, 5) is 3.53.